The van der Waals surface area contributed by atoms with E-state index in [0.29, 0.717) is 12.8 Å². The van der Waals surface area contributed by atoms with Gasteiger partial charge in [-0.3, -0.25) is 14.4 Å². The van der Waals surface area contributed by atoms with Crippen molar-refractivity contribution in [2.24, 2.45) is 17.8 Å². The molecule has 0 aliphatic carbocycles. The Morgan fingerprint density at radius 2 is 1.46 bits per heavy atom. The Morgan fingerprint density at radius 3 is 1.91 bits per heavy atom. The van der Waals surface area contributed by atoms with Gasteiger partial charge >= 0.3 is 12.1 Å². The van der Waals surface area contributed by atoms with Crippen LogP contribution in [0.1, 0.15) is 81.1 Å². The molecule has 9 nitrogen and oxygen atoms in total. The van der Waals surface area contributed by atoms with Gasteiger partial charge in [0, 0.05) is 31.0 Å². The van der Waals surface area contributed by atoms with Crippen molar-refractivity contribution >= 4 is 23.9 Å². The minimum absolute atomic E-state index is 0.00350. The van der Waals surface area contributed by atoms with E-state index >= 15 is 0 Å². The Morgan fingerprint density at radius 1 is 0.886 bits per heavy atom. The van der Waals surface area contributed by atoms with Crippen LogP contribution in [0.25, 0.3) is 0 Å². The summed E-state index contributed by atoms with van der Waals surface area (Å²) in [4.78, 5) is 49.7. The number of amides is 3. The number of hydrogen-bond donors (Lipinski definition) is 3. The molecule has 0 bridgehead atoms. The Labute approximate surface area is 211 Å². The van der Waals surface area contributed by atoms with Gasteiger partial charge in [-0.25, -0.2) is 4.79 Å². The van der Waals surface area contributed by atoms with E-state index in [0.717, 1.165) is 0 Å². The lowest BCUT2D eigenvalue weighted by molar-refractivity contribution is -0.146. The highest BCUT2D eigenvalue weighted by atomic mass is 16.6. The van der Waals surface area contributed by atoms with E-state index in [9.17, 15) is 19.2 Å². The van der Waals surface area contributed by atoms with Crippen LogP contribution in [-0.2, 0) is 23.9 Å². The van der Waals surface area contributed by atoms with Crippen LogP contribution in [-0.4, -0.2) is 54.7 Å². The van der Waals surface area contributed by atoms with E-state index < -0.39 is 41.7 Å². The summed E-state index contributed by atoms with van der Waals surface area (Å²) >= 11 is 0. The van der Waals surface area contributed by atoms with Crippen LogP contribution in [0, 0.1) is 17.8 Å². The van der Waals surface area contributed by atoms with Crippen molar-refractivity contribution in [3.05, 3.63) is 12.7 Å². The van der Waals surface area contributed by atoms with Crippen LogP contribution < -0.4 is 16.0 Å². The molecule has 3 N–H and O–H groups in total. The lowest BCUT2D eigenvalue weighted by atomic mass is 9.89. The highest BCUT2D eigenvalue weighted by molar-refractivity contribution is 5.81. The summed E-state index contributed by atoms with van der Waals surface area (Å²) in [5, 5.41) is 8.52. The number of carbonyl (C=O) groups excluding carboxylic acids is 4. The molecule has 0 aliphatic rings. The second kappa shape index (κ2) is 15.4. The molecule has 0 aromatic rings. The molecule has 0 spiro atoms. The Bertz CT molecular complexity index is 714. The van der Waals surface area contributed by atoms with Gasteiger partial charge in [0.25, 0.3) is 0 Å². The molecule has 0 aromatic heterocycles. The van der Waals surface area contributed by atoms with Gasteiger partial charge in [-0.05, 0) is 52.4 Å². The zero-order valence-electron chi connectivity index (χ0n) is 23.0. The highest BCUT2D eigenvalue weighted by Gasteiger charge is 2.30. The van der Waals surface area contributed by atoms with Gasteiger partial charge in [-0.2, -0.15) is 0 Å². The molecule has 0 unspecified atom stereocenters. The molecule has 0 radical (unpaired) electrons. The van der Waals surface area contributed by atoms with Crippen molar-refractivity contribution in [1.82, 2.24) is 16.0 Å². The number of ether oxygens (including phenoxy) is 2. The molecule has 202 valence electrons. The van der Waals surface area contributed by atoms with Crippen molar-refractivity contribution in [3.8, 4) is 0 Å². The number of methoxy groups -OCH3 is 1. The van der Waals surface area contributed by atoms with Gasteiger partial charge < -0.3 is 25.4 Å². The fourth-order valence-corrected chi connectivity index (χ4v) is 3.63. The molecule has 9 heteroatoms. The smallest absolute Gasteiger partial charge is 0.407 e. The predicted molar refractivity (Wildman–Crippen MR) is 137 cm³/mol. The minimum Gasteiger partial charge on any atom is -0.469 e. The second-order valence-corrected chi connectivity index (χ2v) is 10.8. The molecule has 4 atom stereocenters. The van der Waals surface area contributed by atoms with Gasteiger partial charge in [0.15, 0.2) is 0 Å². The topological polar surface area (TPSA) is 123 Å². The second-order valence-electron chi connectivity index (χ2n) is 10.8. The Hall–Kier alpha value is -2.58. The third kappa shape index (κ3) is 14.4. The number of rotatable bonds is 14. The molecule has 35 heavy (non-hydrogen) atoms. The summed E-state index contributed by atoms with van der Waals surface area (Å²) < 4.78 is 10.2. The van der Waals surface area contributed by atoms with Crippen molar-refractivity contribution in [3.63, 3.8) is 0 Å². The molecule has 0 aromatic carbocycles. The van der Waals surface area contributed by atoms with E-state index in [1.165, 1.54) is 7.11 Å². The fraction of sp³-hybridized carbons (Fsp3) is 0.769. The van der Waals surface area contributed by atoms with Crippen LogP contribution >= 0.6 is 0 Å². The lowest BCUT2D eigenvalue weighted by Gasteiger charge is -2.28. The van der Waals surface area contributed by atoms with Gasteiger partial charge in [0.05, 0.1) is 13.0 Å². The number of hydrogen-bond acceptors (Lipinski definition) is 6. The Kier molecular flexibility index (Phi) is 14.3. The zero-order valence-corrected chi connectivity index (χ0v) is 23.0. The Balaban J connectivity index is 5.02. The molecule has 0 fully saturated rings. The van der Waals surface area contributed by atoms with E-state index in [1.54, 1.807) is 33.8 Å². The first kappa shape index (κ1) is 32.4. The maximum absolute atomic E-state index is 12.7. The van der Waals surface area contributed by atoms with Gasteiger partial charge in [-0.1, -0.05) is 33.8 Å². The van der Waals surface area contributed by atoms with Gasteiger partial charge in [0.2, 0.25) is 11.8 Å². The fourth-order valence-electron chi connectivity index (χ4n) is 3.63. The van der Waals surface area contributed by atoms with Crippen LogP contribution in [0.2, 0.25) is 0 Å². The summed E-state index contributed by atoms with van der Waals surface area (Å²) in [6.45, 7) is 18.6. The van der Waals surface area contributed by atoms with Crippen LogP contribution in [0.3, 0.4) is 0 Å². The zero-order chi connectivity index (χ0) is 27.3. The summed E-state index contributed by atoms with van der Waals surface area (Å²) in [7, 11) is 1.33. The summed E-state index contributed by atoms with van der Waals surface area (Å²) in [6, 6.07) is -1.26. The van der Waals surface area contributed by atoms with Gasteiger partial charge in [-0.15, -0.1) is 6.58 Å². The molecular weight excluding hydrogens is 450 g/mol. The van der Waals surface area contributed by atoms with Crippen molar-refractivity contribution in [2.75, 3.05) is 7.11 Å². The SMILES string of the molecule is C=CC[C@H](C(=O)OC)[C@H](CC(C)C)NC(=O)C[C@H](C)NC(=O)C[C@@H](NC(=O)OC(C)(C)C)C(C)C. The number of allylic oxidation sites excluding steroid dienone is 1. The standard InChI is InChI=1S/C26H47N3O6/c1-11-12-19(24(32)34-10)21(13-16(2)3)28-22(30)14-18(6)27-23(31)15-20(17(4)5)29-25(33)35-26(7,8)9/h11,16-21H,1,12-15H2,2-10H3,(H,27,31)(H,28,30)(H,29,33)/t18-,19-,20+,21-/m0/s1. The molecule has 3 amide bonds. The molecule has 0 saturated heterocycles. The third-order valence-electron chi connectivity index (χ3n) is 5.29. The maximum Gasteiger partial charge on any atom is 0.407 e. The van der Waals surface area contributed by atoms with Crippen LogP contribution in [0.4, 0.5) is 4.79 Å². The van der Waals surface area contributed by atoms with Crippen molar-refractivity contribution < 1.29 is 28.7 Å². The average molecular weight is 498 g/mol. The average Bonchev–Trinajstić information content (AvgIpc) is 2.68. The van der Waals surface area contributed by atoms with Crippen LogP contribution in [0.15, 0.2) is 12.7 Å². The summed E-state index contributed by atoms with van der Waals surface area (Å²) in [5.41, 5.74) is -0.637. The monoisotopic (exact) mass is 497 g/mol. The largest absolute Gasteiger partial charge is 0.469 e. The first-order chi connectivity index (χ1) is 16.1. The normalized spacial score (nSPS) is 14.9. The third-order valence-corrected chi connectivity index (χ3v) is 5.29. The predicted octanol–water partition coefficient (Wildman–Crippen LogP) is 3.72. The minimum atomic E-state index is -0.637. The van der Waals surface area contributed by atoms with E-state index in [-0.39, 0.29) is 36.5 Å². The number of alkyl carbamates (subject to hydrolysis) is 1. The highest BCUT2D eigenvalue weighted by Crippen LogP contribution is 2.19. The van der Waals surface area contributed by atoms with Crippen LogP contribution in [0.5, 0.6) is 0 Å². The first-order valence-corrected chi connectivity index (χ1v) is 12.4. The quantitative estimate of drug-likeness (QED) is 0.248. The van der Waals surface area contributed by atoms with E-state index in [1.807, 2.05) is 27.7 Å². The number of nitrogens with one attached hydrogen (secondary N) is 3. The first-order valence-electron chi connectivity index (χ1n) is 12.4. The molecule has 0 heterocycles. The molecular formula is C26H47N3O6. The molecule has 0 saturated carbocycles. The number of carbonyl (C=O) groups is 4. The summed E-state index contributed by atoms with van der Waals surface area (Å²) in [6.07, 6.45) is 2.16. The number of esters is 1. The molecule has 0 aliphatic heterocycles. The van der Waals surface area contributed by atoms with E-state index in [4.69, 9.17) is 9.47 Å². The van der Waals surface area contributed by atoms with E-state index in [2.05, 4.69) is 22.5 Å². The maximum atomic E-state index is 12.7. The van der Waals surface area contributed by atoms with Crippen molar-refractivity contribution in [2.45, 2.75) is 105 Å². The summed E-state index contributed by atoms with van der Waals surface area (Å²) in [5.74, 6) is -1.22. The van der Waals surface area contributed by atoms with Gasteiger partial charge in [0.1, 0.15) is 5.60 Å². The molecule has 0 rings (SSSR count). The lowest BCUT2D eigenvalue weighted by Crippen LogP contribution is -2.47. The van der Waals surface area contributed by atoms with Crippen molar-refractivity contribution in [1.29, 1.82) is 0 Å².